The molecule has 1 atom stereocenters. The van der Waals surface area contributed by atoms with Gasteiger partial charge in [0, 0.05) is 0 Å². The van der Waals surface area contributed by atoms with Gasteiger partial charge in [0.05, 0.1) is 12.2 Å². The van der Waals surface area contributed by atoms with Crippen molar-refractivity contribution in [2.24, 2.45) is 0 Å². The molecule has 0 aliphatic carbocycles. The van der Waals surface area contributed by atoms with Crippen LogP contribution in [0, 0.1) is 0 Å². The molecule has 1 N–H and O–H groups in total. The average Bonchev–Trinajstić information content (AvgIpc) is 2.73. The van der Waals surface area contributed by atoms with Crippen LogP contribution in [0.15, 0.2) is 54.1 Å². The molecule has 16 heavy (non-hydrogen) atoms. The fourth-order valence-corrected chi connectivity index (χ4v) is 1.81. The summed E-state index contributed by atoms with van der Waals surface area (Å²) in [6.07, 6.45) is 1.07. The molecule has 2 rings (SSSR count). The zero-order valence-corrected chi connectivity index (χ0v) is 8.72. The minimum absolute atomic E-state index is 0.293. The molecule has 1 aliphatic heterocycles. The SMILES string of the molecule is C=CC1=C(C(=O)O)C(c2ccccc2)OC1. The van der Waals surface area contributed by atoms with Gasteiger partial charge in [-0.2, -0.15) is 0 Å². The summed E-state index contributed by atoms with van der Waals surface area (Å²) in [4.78, 5) is 11.2. The molecule has 1 heterocycles. The third kappa shape index (κ3) is 1.77. The quantitative estimate of drug-likeness (QED) is 0.843. The highest BCUT2D eigenvalue weighted by atomic mass is 16.5. The molecule has 0 radical (unpaired) electrons. The first kappa shape index (κ1) is 10.6. The van der Waals surface area contributed by atoms with Crippen molar-refractivity contribution in [3.8, 4) is 0 Å². The second kappa shape index (κ2) is 4.33. The molecule has 1 aliphatic rings. The van der Waals surface area contributed by atoms with Crippen LogP contribution in [0.2, 0.25) is 0 Å². The van der Waals surface area contributed by atoms with Crippen molar-refractivity contribution in [1.29, 1.82) is 0 Å². The monoisotopic (exact) mass is 216 g/mol. The number of carbonyl (C=O) groups is 1. The van der Waals surface area contributed by atoms with Crippen molar-refractivity contribution in [2.75, 3.05) is 6.61 Å². The van der Waals surface area contributed by atoms with Crippen LogP contribution in [0.5, 0.6) is 0 Å². The van der Waals surface area contributed by atoms with E-state index >= 15 is 0 Å². The molecule has 3 nitrogen and oxygen atoms in total. The summed E-state index contributed by atoms with van der Waals surface area (Å²) in [6.45, 7) is 3.91. The lowest BCUT2D eigenvalue weighted by Gasteiger charge is -2.11. The molecule has 0 bridgehead atoms. The Morgan fingerprint density at radius 1 is 1.44 bits per heavy atom. The Morgan fingerprint density at radius 2 is 2.12 bits per heavy atom. The van der Waals surface area contributed by atoms with Crippen LogP contribution < -0.4 is 0 Å². The van der Waals surface area contributed by atoms with Crippen molar-refractivity contribution >= 4 is 5.97 Å². The van der Waals surface area contributed by atoms with Crippen molar-refractivity contribution < 1.29 is 14.6 Å². The molecular formula is C13H12O3. The van der Waals surface area contributed by atoms with Crippen LogP contribution in [0.1, 0.15) is 11.7 Å². The van der Waals surface area contributed by atoms with Gasteiger partial charge in [0.1, 0.15) is 6.10 Å². The van der Waals surface area contributed by atoms with E-state index in [4.69, 9.17) is 9.84 Å². The Kier molecular flexibility index (Phi) is 2.88. The predicted molar refractivity (Wildman–Crippen MR) is 60.0 cm³/mol. The number of hydrogen-bond acceptors (Lipinski definition) is 2. The van der Waals surface area contributed by atoms with E-state index in [2.05, 4.69) is 6.58 Å². The van der Waals surface area contributed by atoms with E-state index in [1.807, 2.05) is 30.3 Å². The van der Waals surface area contributed by atoms with E-state index in [9.17, 15) is 4.79 Å². The number of rotatable bonds is 3. The molecule has 0 spiro atoms. The maximum Gasteiger partial charge on any atom is 0.334 e. The maximum absolute atomic E-state index is 11.2. The Bertz CT molecular complexity index is 446. The van der Waals surface area contributed by atoms with Crippen molar-refractivity contribution in [2.45, 2.75) is 6.10 Å². The summed E-state index contributed by atoms with van der Waals surface area (Å²) in [6, 6.07) is 9.34. The summed E-state index contributed by atoms with van der Waals surface area (Å²) in [5.74, 6) is -0.943. The van der Waals surface area contributed by atoms with Gasteiger partial charge in [0.25, 0.3) is 0 Å². The molecule has 0 saturated carbocycles. The van der Waals surface area contributed by atoms with E-state index in [0.29, 0.717) is 17.8 Å². The predicted octanol–water partition coefficient (Wildman–Crippen LogP) is 2.33. The molecule has 3 heteroatoms. The highest BCUT2D eigenvalue weighted by molar-refractivity contribution is 5.90. The van der Waals surface area contributed by atoms with E-state index in [1.54, 1.807) is 6.08 Å². The second-order valence-corrected chi connectivity index (χ2v) is 3.55. The van der Waals surface area contributed by atoms with E-state index in [0.717, 1.165) is 5.56 Å². The van der Waals surface area contributed by atoms with Gasteiger partial charge in [0.2, 0.25) is 0 Å². The van der Waals surface area contributed by atoms with Gasteiger partial charge in [-0.15, -0.1) is 0 Å². The van der Waals surface area contributed by atoms with Gasteiger partial charge in [0.15, 0.2) is 0 Å². The average molecular weight is 216 g/mol. The van der Waals surface area contributed by atoms with Crippen molar-refractivity contribution in [3.63, 3.8) is 0 Å². The maximum atomic E-state index is 11.2. The van der Waals surface area contributed by atoms with Gasteiger partial charge in [-0.1, -0.05) is 43.0 Å². The van der Waals surface area contributed by atoms with Gasteiger partial charge in [-0.3, -0.25) is 0 Å². The van der Waals surface area contributed by atoms with Crippen LogP contribution in [0.4, 0.5) is 0 Å². The molecule has 82 valence electrons. The lowest BCUT2D eigenvalue weighted by molar-refractivity contribution is -0.133. The second-order valence-electron chi connectivity index (χ2n) is 3.55. The fraction of sp³-hybridized carbons (Fsp3) is 0.154. The van der Waals surface area contributed by atoms with Crippen LogP contribution in [-0.2, 0) is 9.53 Å². The Labute approximate surface area is 93.7 Å². The van der Waals surface area contributed by atoms with Gasteiger partial charge >= 0.3 is 5.97 Å². The number of aliphatic carboxylic acids is 1. The van der Waals surface area contributed by atoms with E-state index in [1.165, 1.54) is 0 Å². The molecule has 0 saturated heterocycles. The summed E-state index contributed by atoms with van der Waals surface area (Å²) >= 11 is 0. The fourth-order valence-electron chi connectivity index (χ4n) is 1.81. The number of ether oxygens (including phenoxy) is 1. The van der Waals surface area contributed by atoms with Gasteiger partial charge in [-0.25, -0.2) is 4.79 Å². The van der Waals surface area contributed by atoms with Crippen molar-refractivity contribution in [1.82, 2.24) is 0 Å². The number of carboxylic acids is 1. The number of carboxylic acid groups (broad SMARTS) is 1. The minimum Gasteiger partial charge on any atom is -0.478 e. The zero-order chi connectivity index (χ0) is 11.5. The standard InChI is InChI=1S/C13H12O3/c1-2-9-8-16-12(11(9)13(14)15)10-6-4-3-5-7-10/h2-7,12H,1,8H2,(H,14,15). The third-order valence-corrected chi connectivity index (χ3v) is 2.59. The van der Waals surface area contributed by atoms with Crippen LogP contribution in [0.25, 0.3) is 0 Å². The lowest BCUT2D eigenvalue weighted by Crippen LogP contribution is -2.09. The Balaban J connectivity index is 2.41. The summed E-state index contributed by atoms with van der Waals surface area (Å²) in [5.41, 5.74) is 1.80. The Morgan fingerprint density at radius 3 is 2.69 bits per heavy atom. The number of benzene rings is 1. The first-order valence-corrected chi connectivity index (χ1v) is 4.99. The first-order chi connectivity index (χ1) is 7.74. The highest BCUT2D eigenvalue weighted by Gasteiger charge is 2.31. The zero-order valence-electron chi connectivity index (χ0n) is 8.72. The highest BCUT2D eigenvalue weighted by Crippen LogP contribution is 2.34. The molecule has 1 aromatic carbocycles. The molecule has 0 amide bonds. The van der Waals surface area contributed by atoms with Crippen molar-refractivity contribution in [3.05, 3.63) is 59.7 Å². The smallest absolute Gasteiger partial charge is 0.334 e. The molecule has 0 fully saturated rings. The molecular weight excluding hydrogens is 204 g/mol. The lowest BCUT2D eigenvalue weighted by atomic mass is 9.99. The third-order valence-electron chi connectivity index (χ3n) is 2.59. The van der Waals surface area contributed by atoms with Gasteiger partial charge < -0.3 is 9.84 Å². The minimum atomic E-state index is -0.943. The van der Waals surface area contributed by atoms with Crippen LogP contribution >= 0.6 is 0 Å². The molecule has 0 aromatic heterocycles. The summed E-state index contributed by atoms with van der Waals surface area (Å²) in [7, 11) is 0. The van der Waals surface area contributed by atoms with Gasteiger partial charge in [-0.05, 0) is 11.1 Å². The van der Waals surface area contributed by atoms with Crippen LogP contribution in [-0.4, -0.2) is 17.7 Å². The first-order valence-electron chi connectivity index (χ1n) is 4.99. The molecule has 1 unspecified atom stereocenters. The summed E-state index contributed by atoms with van der Waals surface area (Å²) < 4.78 is 5.49. The van der Waals surface area contributed by atoms with Crippen LogP contribution in [0.3, 0.4) is 0 Å². The normalized spacial score (nSPS) is 19.9. The summed E-state index contributed by atoms with van der Waals surface area (Å²) in [5, 5.41) is 9.16. The largest absolute Gasteiger partial charge is 0.478 e. The number of hydrogen-bond donors (Lipinski definition) is 1. The van der Waals surface area contributed by atoms with E-state index < -0.39 is 12.1 Å². The Hall–Kier alpha value is -1.87. The van der Waals surface area contributed by atoms with E-state index in [-0.39, 0.29) is 0 Å². The molecule has 1 aromatic rings. The topological polar surface area (TPSA) is 46.5 Å².